The van der Waals surface area contributed by atoms with Crippen molar-refractivity contribution in [1.82, 2.24) is 4.98 Å². The van der Waals surface area contributed by atoms with Crippen molar-refractivity contribution >= 4 is 12.4 Å². The van der Waals surface area contributed by atoms with Gasteiger partial charge in [0.25, 0.3) is 0 Å². The predicted octanol–water partition coefficient (Wildman–Crippen LogP) is 1.74. The first kappa shape index (κ1) is 10.7. The number of halogens is 5. The van der Waals surface area contributed by atoms with Crippen LogP contribution in [0.3, 0.4) is 0 Å². The molecule has 0 unspecified atom stereocenters. The summed E-state index contributed by atoms with van der Waals surface area (Å²) >= 11 is 0. The Morgan fingerprint density at radius 2 is 1.93 bits per heavy atom. The zero-order chi connectivity index (χ0) is 10.8. The van der Waals surface area contributed by atoms with Crippen molar-refractivity contribution in [3.63, 3.8) is 0 Å². The summed E-state index contributed by atoms with van der Waals surface area (Å²) in [5.74, 6) is -1.09. The zero-order valence-electron chi connectivity index (χ0n) is 6.63. The van der Waals surface area contributed by atoms with Crippen molar-refractivity contribution in [1.29, 1.82) is 0 Å². The number of ether oxygens (including phenoxy) is 1. The maximum absolute atomic E-state index is 12.2. The highest BCUT2D eigenvalue weighted by molar-refractivity contribution is 6.74. The molecule has 0 spiro atoms. The number of hydrogen-bond acceptors (Lipinski definition) is 2. The number of nitrogens with zero attached hydrogens (tertiary/aromatic N) is 1. The molecule has 0 fully saturated rings. The summed E-state index contributed by atoms with van der Waals surface area (Å²) in [5.41, 5.74) is -1.26. The van der Waals surface area contributed by atoms with E-state index < -0.39 is 24.9 Å². The van der Waals surface area contributed by atoms with E-state index in [4.69, 9.17) is 0 Å². The fraction of sp³-hybridized carbons (Fsp3) is 0.167. The Morgan fingerprint density at radius 3 is 2.43 bits per heavy atom. The Hall–Kier alpha value is -1.34. The number of pyridine rings is 1. The average molecular weight is 212 g/mol. The van der Waals surface area contributed by atoms with Gasteiger partial charge >= 0.3 is 13.6 Å². The van der Waals surface area contributed by atoms with Crippen LogP contribution < -0.4 is 10.2 Å². The number of hydrogen-bond donors (Lipinski definition) is 0. The Morgan fingerprint density at radius 1 is 1.29 bits per heavy atom. The molecule has 78 valence electrons. The van der Waals surface area contributed by atoms with E-state index in [0.717, 1.165) is 12.3 Å². The molecular weight excluding hydrogens is 208 g/mol. The van der Waals surface area contributed by atoms with Gasteiger partial charge in [-0.1, -0.05) is 6.07 Å². The van der Waals surface area contributed by atoms with Gasteiger partial charge in [-0.05, 0) is 11.5 Å². The highest BCUT2D eigenvalue weighted by Gasteiger charge is 2.30. The first-order valence-corrected chi connectivity index (χ1v) is 3.51. The van der Waals surface area contributed by atoms with Gasteiger partial charge in [-0.3, -0.25) is 0 Å². The van der Waals surface area contributed by atoms with Crippen molar-refractivity contribution in [2.75, 3.05) is 0 Å². The van der Waals surface area contributed by atoms with Crippen LogP contribution in [0.2, 0.25) is 0 Å². The SMILES string of the molecule is FC(F)Oc1ncccc1[B-](F)(F)F. The fourth-order valence-corrected chi connectivity index (χ4v) is 0.835. The summed E-state index contributed by atoms with van der Waals surface area (Å²) in [6, 6.07) is 1.65. The highest BCUT2D eigenvalue weighted by atomic mass is 19.4. The average Bonchev–Trinajstić information content (AvgIpc) is 2.01. The third-order valence-electron chi connectivity index (χ3n) is 1.35. The van der Waals surface area contributed by atoms with E-state index in [1.165, 1.54) is 0 Å². The minimum atomic E-state index is -5.39. The van der Waals surface area contributed by atoms with Crippen molar-refractivity contribution in [2.24, 2.45) is 0 Å². The van der Waals surface area contributed by atoms with Gasteiger partial charge in [0.15, 0.2) is 5.88 Å². The van der Waals surface area contributed by atoms with E-state index in [9.17, 15) is 21.7 Å². The molecule has 8 heteroatoms. The molecule has 14 heavy (non-hydrogen) atoms. The van der Waals surface area contributed by atoms with E-state index in [1.54, 1.807) is 0 Å². The number of aromatic nitrogens is 1. The van der Waals surface area contributed by atoms with Crippen LogP contribution in [0.5, 0.6) is 5.88 Å². The van der Waals surface area contributed by atoms with E-state index in [2.05, 4.69) is 9.72 Å². The Labute approximate surface area is 75.8 Å². The van der Waals surface area contributed by atoms with Gasteiger partial charge < -0.3 is 17.7 Å². The van der Waals surface area contributed by atoms with Crippen LogP contribution in [0.15, 0.2) is 18.3 Å². The van der Waals surface area contributed by atoms with Gasteiger partial charge in [-0.2, -0.15) is 8.78 Å². The summed E-state index contributed by atoms with van der Waals surface area (Å²) in [4.78, 5) is 3.08. The van der Waals surface area contributed by atoms with Crippen molar-refractivity contribution in [3.05, 3.63) is 18.3 Å². The van der Waals surface area contributed by atoms with Crippen LogP contribution in [0, 0.1) is 0 Å². The number of rotatable bonds is 3. The molecule has 0 aliphatic rings. The van der Waals surface area contributed by atoms with Crippen LogP contribution in [0.4, 0.5) is 21.7 Å². The molecular formula is C6H4BF5NO-. The molecule has 0 radical (unpaired) electrons. The van der Waals surface area contributed by atoms with Crippen molar-refractivity contribution in [2.45, 2.75) is 6.61 Å². The minimum Gasteiger partial charge on any atom is -0.445 e. The lowest BCUT2D eigenvalue weighted by molar-refractivity contribution is -0.0522. The van der Waals surface area contributed by atoms with E-state index >= 15 is 0 Å². The van der Waals surface area contributed by atoms with E-state index in [1.807, 2.05) is 0 Å². The van der Waals surface area contributed by atoms with E-state index in [-0.39, 0.29) is 0 Å². The van der Waals surface area contributed by atoms with Crippen LogP contribution in [0.1, 0.15) is 0 Å². The second-order valence-corrected chi connectivity index (χ2v) is 2.35. The lowest BCUT2D eigenvalue weighted by Crippen LogP contribution is -2.36. The quantitative estimate of drug-likeness (QED) is 0.562. The summed E-state index contributed by atoms with van der Waals surface area (Å²) in [7, 11) is 0. The van der Waals surface area contributed by atoms with Gasteiger partial charge in [0, 0.05) is 6.20 Å². The molecule has 0 saturated carbocycles. The smallest absolute Gasteiger partial charge is 0.445 e. The van der Waals surface area contributed by atoms with E-state index in [0.29, 0.717) is 6.07 Å². The Bertz CT molecular complexity index is 315. The predicted molar refractivity (Wildman–Crippen MR) is 39.6 cm³/mol. The van der Waals surface area contributed by atoms with Crippen molar-refractivity contribution < 1.29 is 26.5 Å². The minimum absolute atomic E-state index is 0.644. The largest absolute Gasteiger partial charge is 0.514 e. The third-order valence-corrected chi connectivity index (χ3v) is 1.35. The molecule has 0 bridgehead atoms. The first-order valence-electron chi connectivity index (χ1n) is 3.51. The second-order valence-electron chi connectivity index (χ2n) is 2.35. The van der Waals surface area contributed by atoms with Crippen LogP contribution >= 0.6 is 0 Å². The third kappa shape index (κ3) is 2.58. The molecule has 0 N–H and O–H groups in total. The molecule has 0 aromatic carbocycles. The number of alkyl halides is 2. The standard InChI is InChI=1S/C6H4BF5NO/c8-6(9)14-5-4(7(10,11)12)2-1-3-13-5/h1-3,6H/q-1. The highest BCUT2D eigenvalue weighted by Crippen LogP contribution is 2.16. The molecule has 0 amide bonds. The maximum atomic E-state index is 12.2. The fourth-order valence-electron chi connectivity index (χ4n) is 0.835. The summed E-state index contributed by atoms with van der Waals surface area (Å²) in [6.07, 6.45) is 0.947. The normalized spacial score (nSPS) is 11.9. The Kier molecular flexibility index (Phi) is 2.92. The summed E-state index contributed by atoms with van der Waals surface area (Å²) in [5, 5.41) is 0. The van der Waals surface area contributed by atoms with Gasteiger partial charge in [0.05, 0.1) is 0 Å². The molecule has 0 saturated heterocycles. The van der Waals surface area contributed by atoms with Gasteiger partial charge in [0.2, 0.25) is 0 Å². The molecule has 1 aromatic heterocycles. The van der Waals surface area contributed by atoms with Crippen LogP contribution in [-0.2, 0) is 0 Å². The van der Waals surface area contributed by atoms with Gasteiger partial charge in [-0.25, -0.2) is 4.98 Å². The monoisotopic (exact) mass is 212 g/mol. The van der Waals surface area contributed by atoms with Crippen LogP contribution in [-0.4, -0.2) is 18.6 Å². The zero-order valence-corrected chi connectivity index (χ0v) is 6.63. The molecule has 0 aliphatic heterocycles. The molecule has 0 aliphatic carbocycles. The molecule has 0 atom stereocenters. The molecule has 2 nitrogen and oxygen atoms in total. The van der Waals surface area contributed by atoms with Gasteiger partial charge in [-0.15, -0.1) is 0 Å². The maximum Gasteiger partial charge on any atom is 0.514 e. The second kappa shape index (κ2) is 3.81. The van der Waals surface area contributed by atoms with Gasteiger partial charge in [0.1, 0.15) is 0 Å². The topological polar surface area (TPSA) is 22.1 Å². The summed E-state index contributed by atoms with van der Waals surface area (Å²) in [6.45, 7) is -8.71. The first-order chi connectivity index (χ1) is 6.41. The summed E-state index contributed by atoms with van der Waals surface area (Å²) < 4.78 is 63.5. The molecule has 1 aromatic rings. The van der Waals surface area contributed by atoms with Crippen LogP contribution in [0.25, 0.3) is 0 Å². The molecule has 1 rings (SSSR count). The lowest BCUT2D eigenvalue weighted by Gasteiger charge is -2.17. The molecule has 1 heterocycles. The van der Waals surface area contributed by atoms with Crippen molar-refractivity contribution in [3.8, 4) is 5.88 Å². The Balaban J connectivity index is 3.04. The lowest BCUT2D eigenvalue weighted by atomic mass is 9.81.